The summed E-state index contributed by atoms with van der Waals surface area (Å²) in [6, 6.07) is 17.2. The van der Waals surface area contributed by atoms with Crippen molar-refractivity contribution in [2.45, 2.75) is 6.42 Å². The van der Waals surface area contributed by atoms with Gasteiger partial charge in [-0.25, -0.2) is 13.8 Å². The van der Waals surface area contributed by atoms with E-state index in [1.807, 2.05) is 6.07 Å². The first-order valence-electron chi connectivity index (χ1n) is 8.76. The van der Waals surface area contributed by atoms with Crippen LogP contribution in [0.25, 0.3) is 16.9 Å². The molecule has 2 aromatic heterocycles. The SMILES string of the molecule is N#Cc1ccc(CC(=O)Nc2nc3ccc(F)cn3c2-c2ccc(F)cc2)cc1. The first-order valence-corrected chi connectivity index (χ1v) is 8.76. The highest BCUT2D eigenvalue weighted by Crippen LogP contribution is 2.29. The third kappa shape index (κ3) is 3.82. The van der Waals surface area contributed by atoms with E-state index in [1.165, 1.54) is 34.9 Å². The Hall–Kier alpha value is -4.05. The molecule has 5 nitrogen and oxygen atoms in total. The fraction of sp³-hybridized carbons (Fsp3) is 0.0455. The van der Waals surface area contributed by atoms with Gasteiger partial charge in [0.15, 0.2) is 5.82 Å². The van der Waals surface area contributed by atoms with Crippen LogP contribution in [0.3, 0.4) is 0 Å². The van der Waals surface area contributed by atoms with Crippen LogP contribution in [0.2, 0.25) is 0 Å². The maximum atomic E-state index is 13.8. The molecule has 0 radical (unpaired) electrons. The van der Waals surface area contributed by atoms with Crippen LogP contribution in [0.4, 0.5) is 14.6 Å². The summed E-state index contributed by atoms with van der Waals surface area (Å²) in [5.41, 5.74) is 2.72. The van der Waals surface area contributed by atoms with Crippen molar-refractivity contribution in [3.8, 4) is 17.3 Å². The minimum absolute atomic E-state index is 0.0802. The molecule has 7 heteroatoms. The minimum Gasteiger partial charge on any atom is -0.309 e. The van der Waals surface area contributed by atoms with Crippen molar-refractivity contribution in [3.63, 3.8) is 0 Å². The molecule has 0 fully saturated rings. The molecule has 0 atom stereocenters. The third-order valence-electron chi connectivity index (χ3n) is 4.41. The van der Waals surface area contributed by atoms with Crippen LogP contribution in [0.15, 0.2) is 66.9 Å². The molecule has 0 aliphatic rings. The molecule has 2 heterocycles. The number of benzene rings is 2. The number of nitriles is 1. The number of halogens is 2. The van der Waals surface area contributed by atoms with Gasteiger partial charge in [0.25, 0.3) is 0 Å². The van der Waals surface area contributed by atoms with E-state index in [2.05, 4.69) is 10.3 Å². The van der Waals surface area contributed by atoms with Crippen LogP contribution < -0.4 is 5.32 Å². The van der Waals surface area contributed by atoms with Gasteiger partial charge in [0.2, 0.25) is 5.91 Å². The smallest absolute Gasteiger partial charge is 0.230 e. The van der Waals surface area contributed by atoms with E-state index >= 15 is 0 Å². The number of carbonyl (C=O) groups excluding carboxylic acids is 1. The standard InChI is InChI=1S/C22H14F2N4O/c23-17-7-5-16(6-8-17)21-22(26-19-10-9-18(24)13-28(19)21)27-20(29)11-14-1-3-15(12-25)4-2-14/h1-10,13H,11H2,(H,27,29). The molecule has 1 N–H and O–H groups in total. The summed E-state index contributed by atoms with van der Waals surface area (Å²) in [4.78, 5) is 16.9. The van der Waals surface area contributed by atoms with Crippen molar-refractivity contribution in [1.29, 1.82) is 5.26 Å². The number of hydrogen-bond acceptors (Lipinski definition) is 3. The molecular weight excluding hydrogens is 374 g/mol. The van der Waals surface area contributed by atoms with Gasteiger partial charge in [0.05, 0.1) is 23.7 Å². The molecule has 142 valence electrons. The van der Waals surface area contributed by atoms with Crippen LogP contribution in [0.1, 0.15) is 11.1 Å². The van der Waals surface area contributed by atoms with E-state index in [1.54, 1.807) is 36.4 Å². The number of carbonyl (C=O) groups is 1. The quantitative estimate of drug-likeness (QED) is 0.566. The minimum atomic E-state index is -0.464. The van der Waals surface area contributed by atoms with Crippen LogP contribution >= 0.6 is 0 Å². The van der Waals surface area contributed by atoms with Crippen molar-refractivity contribution in [1.82, 2.24) is 9.38 Å². The van der Waals surface area contributed by atoms with Crippen molar-refractivity contribution < 1.29 is 13.6 Å². The lowest BCUT2D eigenvalue weighted by Gasteiger charge is -2.07. The van der Waals surface area contributed by atoms with Gasteiger partial charge >= 0.3 is 0 Å². The third-order valence-corrected chi connectivity index (χ3v) is 4.41. The highest BCUT2D eigenvalue weighted by molar-refractivity contribution is 5.95. The Balaban J connectivity index is 1.69. The summed E-state index contributed by atoms with van der Waals surface area (Å²) in [6.45, 7) is 0. The van der Waals surface area contributed by atoms with Gasteiger partial charge in [0.1, 0.15) is 17.3 Å². The van der Waals surface area contributed by atoms with Gasteiger partial charge in [-0.2, -0.15) is 5.26 Å². The second kappa shape index (κ2) is 7.52. The summed E-state index contributed by atoms with van der Waals surface area (Å²) in [7, 11) is 0. The molecule has 0 aliphatic carbocycles. The van der Waals surface area contributed by atoms with E-state index in [0.717, 1.165) is 5.56 Å². The second-order valence-electron chi connectivity index (χ2n) is 6.43. The number of amides is 1. The monoisotopic (exact) mass is 388 g/mol. The summed E-state index contributed by atoms with van der Waals surface area (Å²) in [6.07, 6.45) is 1.34. The number of nitrogens with zero attached hydrogens (tertiary/aromatic N) is 3. The van der Waals surface area contributed by atoms with E-state index in [0.29, 0.717) is 22.5 Å². The van der Waals surface area contributed by atoms with Crippen LogP contribution in [-0.2, 0) is 11.2 Å². The topological polar surface area (TPSA) is 70.2 Å². The fourth-order valence-corrected chi connectivity index (χ4v) is 3.05. The molecular formula is C22H14F2N4O. The number of imidazole rings is 1. The zero-order valence-electron chi connectivity index (χ0n) is 15.1. The molecule has 0 saturated heterocycles. The molecule has 4 aromatic rings. The Bertz CT molecular complexity index is 1240. The Labute approximate surface area is 164 Å². The lowest BCUT2D eigenvalue weighted by molar-refractivity contribution is -0.115. The number of nitrogens with one attached hydrogen (secondary N) is 1. The number of anilines is 1. The molecule has 2 aromatic carbocycles. The summed E-state index contributed by atoms with van der Waals surface area (Å²) < 4.78 is 28.7. The van der Waals surface area contributed by atoms with Crippen LogP contribution in [0, 0.1) is 23.0 Å². The molecule has 0 bridgehead atoms. The largest absolute Gasteiger partial charge is 0.309 e. The maximum absolute atomic E-state index is 13.8. The zero-order chi connectivity index (χ0) is 20.4. The van der Waals surface area contributed by atoms with E-state index in [4.69, 9.17) is 5.26 Å². The molecule has 0 saturated carbocycles. The zero-order valence-corrected chi connectivity index (χ0v) is 15.1. The molecule has 1 amide bonds. The first-order chi connectivity index (χ1) is 14.0. The summed E-state index contributed by atoms with van der Waals surface area (Å²) in [5.74, 6) is -0.934. The number of pyridine rings is 1. The number of hydrogen-bond donors (Lipinski definition) is 1. The fourth-order valence-electron chi connectivity index (χ4n) is 3.05. The average molecular weight is 388 g/mol. The van der Waals surface area contributed by atoms with Gasteiger partial charge in [-0.15, -0.1) is 0 Å². The predicted molar refractivity (Wildman–Crippen MR) is 104 cm³/mol. The van der Waals surface area contributed by atoms with Crippen molar-refractivity contribution in [2.75, 3.05) is 5.32 Å². The molecule has 0 unspecified atom stereocenters. The Kier molecular flexibility index (Phi) is 4.75. The van der Waals surface area contributed by atoms with Crippen LogP contribution in [-0.4, -0.2) is 15.3 Å². The van der Waals surface area contributed by atoms with Gasteiger partial charge < -0.3 is 5.32 Å². The van der Waals surface area contributed by atoms with E-state index in [9.17, 15) is 13.6 Å². The predicted octanol–water partition coefficient (Wildman–Crippen LogP) is 4.33. The normalized spacial score (nSPS) is 10.7. The first kappa shape index (κ1) is 18.3. The van der Waals surface area contributed by atoms with Crippen molar-refractivity contribution >= 4 is 17.4 Å². The van der Waals surface area contributed by atoms with E-state index < -0.39 is 11.6 Å². The molecule has 4 rings (SSSR count). The molecule has 29 heavy (non-hydrogen) atoms. The highest BCUT2D eigenvalue weighted by Gasteiger charge is 2.17. The highest BCUT2D eigenvalue weighted by atomic mass is 19.1. The van der Waals surface area contributed by atoms with Crippen molar-refractivity contribution in [2.24, 2.45) is 0 Å². The molecule has 0 aliphatic heterocycles. The van der Waals surface area contributed by atoms with Gasteiger partial charge in [0, 0.05) is 11.8 Å². The Morgan fingerprint density at radius 1 is 1.00 bits per heavy atom. The number of fused-ring (bicyclic) bond motifs is 1. The average Bonchev–Trinajstić information content (AvgIpc) is 3.06. The Morgan fingerprint density at radius 3 is 2.38 bits per heavy atom. The number of aromatic nitrogens is 2. The van der Waals surface area contributed by atoms with Gasteiger partial charge in [-0.3, -0.25) is 9.20 Å². The maximum Gasteiger partial charge on any atom is 0.230 e. The van der Waals surface area contributed by atoms with Crippen molar-refractivity contribution in [3.05, 3.63) is 89.6 Å². The Morgan fingerprint density at radius 2 is 1.69 bits per heavy atom. The molecule has 0 spiro atoms. The van der Waals surface area contributed by atoms with Gasteiger partial charge in [-0.05, 0) is 54.1 Å². The summed E-state index contributed by atoms with van der Waals surface area (Å²) in [5, 5.41) is 11.6. The number of rotatable bonds is 4. The van der Waals surface area contributed by atoms with Crippen LogP contribution in [0.5, 0.6) is 0 Å². The lowest BCUT2D eigenvalue weighted by Crippen LogP contribution is -2.15. The lowest BCUT2D eigenvalue weighted by atomic mass is 10.1. The second-order valence-corrected chi connectivity index (χ2v) is 6.43. The van der Waals surface area contributed by atoms with E-state index in [-0.39, 0.29) is 18.1 Å². The summed E-state index contributed by atoms with van der Waals surface area (Å²) >= 11 is 0. The van der Waals surface area contributed by atoms with Gasteiger partial charge in [-0.1, -0.05) is 12.1 Å².